The molecule has 0 fully saturated rings. The summed E-state index contributed by atoms with van der Waals surface area (Å²) in [6, 6.07) is 22.5. The first kappa shape index (κ1) is 36.8. The Morgan fingerprint density at radius 2 is 1.36 bits per heavy atom. The Balaban J connectivity index is 1.86. The van der Waals surface area contributed by atoms with Gasteiger partial charge in [0.05, 0.1) is 6.10 Å². The summed E-state index contributed by atoms with van der Waals surface area (Å²) in [6.07, 6.45) is 5.07. The van der Waals surface area contributed by atoms with E-state index < -0.39 is 14.3 Å². The molecule has 3 aromatic rings. The van der Waals surface area contributed by atoms with Crippen LogP contribution in [-0.2, 0) is 27.5 Å². The van der Waals surface area contributed by atoms with E-state index in [0.717, 1.165) is 31.2 Å². The number of carboxylic acid groups (broad SMARTS) is 1. The number of carboxylic acids is 1. The number of hydrogen-bond acceptors (Lipinski definition) is 2. The van der Waals surface area contributed by atoms with Gasteiger partial charge in [0.15, 0.2) is 8.32 Å². The third kappa shape index (κ3) is 8.77. The van der Waals surface area contributed by atoms with Gasteiger partial charge in [0.1, 0.15) is 0 Å². The predicted molar refractivity (Wildman–Crippen MR) is 195 cm³/mol. The van der Waals surface area contributed by atoms with Crippen molar-refractivity contribution >= 4 is 14.3 Å². The van der Waals surface area contributed by atoms with E-state index in [9.17, 15) is 4.79 Å². The van der Waals surface area contributed by atoms with E-state index in [-0.39, 0.29) is 28.4 Å². The smallest absolute Gasteiger partial charge is 0.303 e. The highest BCUT2D eigenvalue weighted by atomic mass is 28.4. The highest BCUT2D eigenvalue weighted by Gasteiger charge is 2.41. The van der Waals surface area contributed by atoms with Crippen molar-refractivity contribution in [2.75, 3.05) is 0 Å². The van der Waals surface area contributed by atoms with Gasteiger partial charge < -0.3 is 9.53 Å². The SMILES string of the molecule is CCC(CC)(c1ccc(CCC(O[Si](C)(C)C(C)(C)C)C(C)(C)C)c(C)c1)c1ccc(-c2ccc(CCC(=O)O)cc2)c(C)c1. The van der Waals surface area contributed by atoms with Gasteiger partial charge in [-0.15, -0.1) is 0 Å². The van der Waals surface area contributed by atoms with Gasteiger partial charge in [0, 0.05) is 11.8 Å². The maximum atomic E-state index is 11.0. The van der Waals surface area contributed by atoms with Crippen molar-refractivity contribution < 1.29 is 14.3 Å². The van der Waals surface area contributed by atoms with Crippen LogP contribution in [0, 0.1) is 19.3 Å². The molecule has 0 aliphatic heterocycles. The molecule has 3 aromatic carbocycles. The molecule has 0 saturated carbocycles. The highest BCUT2D eigenvalue weighted by Crippen LogP contribution is 2.43. The molecule has 3 rings (SSSR count). The van der Waals surface area contributed by atoms with E-state index in [0.29, 0.717) is 6.42 Å². The molecular formula is C41H60O3Si. The van der Waals surface area contributed by atoms with Crippen LogP contribution in [0.25, 0.3) is 11.1 Å². The fourth-order valence-corrected chi connectivity index (χ4v) is 7.92. The third-order valence-electron chi connectivity index (χ3n) is 10.7. The molecule has 0 aromatic heterocycles. The monoisotopic (exact) mass is 628 g/mol. The molecule has 0 spiro atoms. The topological polar surface area (TPSA) is 46.5 Å². The summed E-state index contributed by atoms with van der Waals surface area (Å²) in [5.41, 5.74) is 10.3. The fourth-order valence-electron chi connectivity index (χ4n) is 6.38. The minimum atomic E-state index is -1.87. The molecule has 0 saturated heterocycles. The number of aliphatic carboxylic acids is 1. The number of benzene rings is 3. The van der Waals surface area contributed by atoms with E-state index in [2.05, 4.69) is 143 Å². The van der Waals surface area contributed by atoms with Crippen LogP contribution in [0.5, 0.6) is 0 Å². The van der Waals surface area contributed by atoms with Crippen LogP contribution in [0.3, 0.4) is 0 Å². The molecular weight excluding hydrogens is 569 g/mol. The fraction of sp³-hybridized carbons (Fsp3) is 0.537. The average Bonchev–Trinajstić information content (AvgIpc) is 2.95. The van der Waals surface area contributed by atoms with Gasteiger partial charge in [-0.3, -0.25) is 4.79 Å². The lowest BCUT2D eigenvalue weighted by atomic mass is 9.69. The second-order valence-corrected chi connectivity index (χ2v) is 20.6. The molecule has 1 unspecified atom stereocenters. The number of aryl methyl sites for hydroxylation is 4. The van der Waals surface area contributed by atoms with Crippen LogP contribution in [0.2, 0.25) is 18.1 Å². The van der Waals surface area contributed by atoms with Crippen molar-refractivity contribution in [3.63, 3.8) is 0 Å². The molecule has 1 N–H and O–H groups in total. The Morgan fingerprint density at radius 3 is 1.82 bits per heavy atom. The summed E-state index contributed by atoms with van der Waals surface area (Å²) >= 11 is 0. The van der Waals surface area contributed by atoms with Crippen LogP contribution in [0.1, 0.15) is 114 Å². The number of hydrogen-bond donors (Lipinski definition) is 1. The molecule has 0 bridgehead atoms. The zero-order valence-corrected chi connectivity index (χ0v) is 31.4. The summed E-state index contributed by atoms with van der Waals surface area (Å²) in [7, 11) is -1.87. The molecule has 4 heteroatoms. The van der Waals surface area contributed by atoms with E-state index in [1.165, 1.54) is 38.9 Å². The molecule has 3 nitrogen and oxygen atoms in total. The van der Waals surface area contributed by atoms with Crippen molar-refractivity contribution in [2.24, 2.45) is 5.41 Å². The lowest BCUT2D eigenvalue weighted by molar-refractivity contribution is -0.136. The van der Waals surface area contributed by atoms with Crippen molar-refractivity contribution in [2.45, 2.75) is 137 Å². The van der Waals surface area contributed by atoms with E-state index in [1.807, 2.05) is 0 Å². The quantitative estimate of drug-likeness (QED) is 0.192. The summed E-state index contributed by atoms with van der Waals surface area (Å²) in [4.78, 5) is 11.0. The van der Waals surface area contributed by atoms with Crippen LogP contribution < -0.4 is 0 Å². The standard InChI is InChI=1S/C41H60O3Si/c1-13-41(14-2,35-23-24-36(30(4)28-35)33-18-15-31(16-19-33)17-26-38(42)43)34-22-20-32(29(3)27-34)21-25-37(39(5,6)7)44-45(11,12)40(8,9)10/h15-16,18-20,22-24,27-28,37H,13-14,17,21,25-26H2,1-12H3,(H,42,43). The van der Waals surface area contributed by atoms with E-state index in [1.54, 1.807) is 0 Å². The molecule has 0 heterocycles. The zero-order chi connectivity index (χ0) is 33.8. The lowest BCUT2D eigenvalue weighted by Crippen LogP contribution is -2.47. The first-order valence-corrected chi connectivity index (χ1v) is 20.0. The van der Waals surface area contributed by atoms with Gasteiger partial charge in [-0.2, -0.15) is 0 Å². The second kappa shape index (κ2) is 14.4. The van der Waals surface area contributed by atoms with Gasteiger partial charge in [-0.05, 0) is 114 Å². The Hall–Kier alpha value is -2.69. The first-order valence-electron chi connectivity index (χ1n) is 17.0. The molecule has 0 aliphatic carbocycles. The van der Waals surface area contributed by atoms with Crippen LogP contribution in [-0.4, -0.2) is 25.5 Å². The maximum absolute atomic E-state index is 11.0. The van der Waals surface area contributed by atoms with Crippen molar-refractivity contribution in [1.29, 1.82) is 0 Å². The van der Waals surface area contributed by atoms with E-state index >= 15 is 0 Å². The zero-order valence-electron chi connectivity index (χ0n) is 30.4. The normalized spacial score (nSPS) is 13.6. The third-order valence-corrected chi connectivity index (χ3v) is 15.1. The summed E-state index contributed by atoms with van der Waals surface area (Å²) in [5, 5.41) is 9.21. The van der Waals surface area contributed by atoms with Crippen LogP contribution >= 0.6 is 0 Å². The molecule has 1 atom stereocenters. The van der Waals surface area contributed by atoms with Crippen molar-refractivity contribution in [3.05, 3.63) is 94.0 Å². The summed E-state index contributed by atoms with van der Waals surface area (Å²) in [6.45, 7) is 27.8. The minimum Gasteiger partial charge on any atom is -0.481 e. The Kier molecular flexibility index (Phi) is 11.8. The Bertz CT molecular complexity index is 1430. The van der Waals surface area contributed by atoms with Gasteiger partial charge in [0.2, 0.25) is 0 Å². The number of rotatable bonds is 13. The van der Waals surface area contributed by atoms with Crippen LogP contribution in [0.4, 0.5) is 0 Å². The van der Waals surface area contributed by atoms with Crippen molar-refractivity contribution in [1.82, 2.24) is 0 Å². The van der Waals surface area contributed by atoms with Crippen molar-refractivity contribution in [3.8, 4) is 11.1 Å². The van der Waals surface area contributed by atoms with E-state index in [4.69, 9.17) is 9.53 Å². The Labute approximate surface area is 276 Å². The predicted octanol–water partition coefficient (Wildman–Crippen LogP) is 11.5. The molecule has 246 valence electrons. The molecule has 45 heavy (non-hydrogen) atoms. The Morgan fingerprint density at radius 1 is 0.800 bits per heavy atom. The van der Waals surface area contributed by atoms with Gasteiger partial charge in [-0.1, -0.05) is 116 Å². The number of carbonyl (C=O) groups is 1. The molecule has 0 aliphatic rings. The largest absolute Gasteiger partial charge is 0.481 e. The second-order valence-electron chi connectivity index (χ2n) is 15.8. The first-order chi connectivity index (χ1) is 20.8. The van der Waals surface area contributed by atoms with Gasteiger partial charge in [0.25, 0.3) is 0 Å². The minimum absolute atomic E-state index is 0.0490. The molecule has 0 radical (unpaired) electrons. The average molecular weight is 629 g/mol. The summed E-state index contributed by atoms with van der Waals surface area (Å²) < 4.78 is 6.99. The van der Waals surface area contributed by atoms with Gasteiger partial charge in [-0.25, -0.2) is 0 Å². The van der Waals surface area contributed by atoms with Crippen LogP contribution in [0.15, 0.2) is 60.7 Å². The lowest BCUT2D eigenvalue weighted by Gasteiger charge is -2.43. The maximum Gasteiger partial charge on any atom is 0.303 e. The molecule has 0 amide bonds. The summed E-state index contributed by atoms with van der Waals surface area (Å²) in [5.74, 6) is -0.758. The highest BCUT2D eigenvalue weighted by molar-refractivity contribution is 6.74. The van der Waals surface area contributed by atoms with Gasteiger partial charge >= 0.3 is 5.97 Å².